The molecule has 2 rings (SSSR count). The molecule has 18 heavy (non-hydrogen) atoms. The first-order chi connectivity index (χ1) is 8.70. The number of esters is 1. The van der Waals surface area contributed by atoms with Gasteiger partial charge >= 0.3 is 5.97 Å². The number of carbonyl (C=O) groups is 1. The minimum Gasteiger partial charge on any atom is -0.465 e. The Labute approximate surface area is 107 Å². The van der Waals surface area contributed by atoms with Crippen LogP contribution in [0.1, 0.15) is 28.8 Å². The highest BCUT2D eigenvalue weighted by molar-refractivity contribution is 5.95. The van der Waals surface area contributed by atoms with Crippen LogP contribution >= 0.6 is 0 Å². The number of aryl methyl sites for hydroxylation is 1. The summed E-state index contributed by atoms with van der Waals surface area (Å²) in [5.41, 5.74) is 2.43. The quantitative estimate of drug-likeness (QED) is 0.832. The topological polar surface area (TPSA) is 47.6 Å². The number of carbonyl (C=O) groups excluding carboxylic acids is 1. The predicted molar refractivity (Wildman–Crippen MR) is 70.0 cm³/mol. The number of hydrogen-bond donors (Lipinski definition) is 1. The molecule has 0 spiro atoms. The van der Waals surface area contributed by atoms with Gasteiger partial charge < -0.3 is 14.8 Å². The Balaban J connectivity index is 2.08. The van der Waals surface area contributed by atoms with Crippen molar-refractivity contribution in [1.82, 2.24) is 0 Å². The largest absolute Gasteiger partial charge is 0.465 e. The lowest BCUT2D eigenvalue weighted by atomic mass is 10.1. The third-order valence-electron chi connectivity index (χ3n) is 3.12. The van der Waals surface area contributed by atoms with Crippen molar-refractivity contribution in [3.05, 3.63) is 29.3 Å². The van der Waals surface area contributed by atoms with Crippen LogP contribution in [0.2, 0.25) is 0 Å². The molecular formula is C14H19NO3. The predicted octanol–water partition coefficient (Wildman–Crippen LogP) is 2.37. The van der Waals surface area contributed by atoms with Crippen molar-refractivity contribution in [3.8, 4) is 0 Å². The molecule has 1 heterocycles. The van der Waals surface area contributed by atoms with Crippen LogP contribution < -0.4 is 5.32 Å². The summed E-state index contributed by atoms with van der Waals surface area (Å²) in [6, 6.07) is 5.73. The fraction of sp³-hybridized carbons (Fsp3) is 0.500. The van der Waals surface area contributed by atoms with Gasteiger partial charge in [0.05, 0.1) is 18.8 Å². The van der Waals surface area contributed by atoms with Crippen LogP contribution in [0.3, 0.4) is 0 Å². The van der Waals surface area contributed by atoms with Gasteiger partial charge in [-0.3, -0.25) is 0 Å². The van der Waals surface area contributed by atoms with E-state index < -0.39 is 0 Å². The van der Waals surface area contributed by atoms with E-state index in [2.05, 4.69) is 5.32 Å². The highest BCUT2D eigenvalue weighted by Gasteiger charge is 2.17. The molecule has 1 aliphatic rings. The zero-order valence-electron chi connectivity index (χ0n) is 10.9. The minimum absolute atomic E-state index is 0.247. The van der Waals surface area contributed by atoms with Gasteiger partial charge in [-0.05, 0) is 31.9 Å². The van der Waals surface area contributed by atoms with Crippen molar-refractivity contribution in [1.29, 1.82) is 0 Å². The molecule has 1 unspecified atom stereocenters. The normalized spacial score (nSPS) is 18.7. The fourth-order valence-electron chi connectivity index (χ4n) is 2.12. The molecule has 0 radical (unpaired) electrons. The summed E-state index contributed by atoms with van der Waals surface area (Å²) < 4.78 is 10.3. The van der Waals surface area contributed by atoms with Crippen molar-refractivity contribution in [3.63, 3.8) is 0 Å². The fourth-order valence-corrected chi connectivity index (χ4v) is 2.12. The molecule has 4 nitrogen and oxygen atoms in total. The van der Waals surface area contributed by atoms with Gasteiger partial charge in [0.25, 0.3) is 0 Å². The van der Waals surface area contributed by atoms with Crippen molar-refractivity contribution < 1.29 is 14.3 Å². The summed E-state index contributed by atoms with van der Waals surface area (Å²) >= 11 is 0. The smallest absolute Gasteiger partial charge is 0.339 e. The van der Waals surface area contributed by atoms with E-state index in [1.54, 1.807) is 0 Å². The van der Waals surface area contributed by atoms with Crippen LogP contribution in [0.15, 0.2) is 18.2 Å². The van der Waals surface area contributed by atoms with E-state index in [1.165, 1.54) is 7.11 Å². The SMILES string of the molecule is COC(=O)c1cc(C)ccc1NCC1CCCO1. The summed E-state index contributed by atoms with van der Waals surface area (Å²) in [6.07, 6.45) is 2.44. The standard InChI is InChI=1S/C14H19NO3/c1-10-5-6-13(12(8-10)14(16)17-2)15-9-11-4-3-7-18-11/h5-6,8,11,15H,3-4,7,9H2,1-2H3. The molecule has 1 atom stereocenters. The maximum absolute atomic E-state index is 11.7. The Bertz CT molecular complexity index is 425. The maximum atomic E-state index is 11.7. The molecule has 1 aromatic rings. The number of benzene rings is 1. The summed E-state index contributed by atoms with van der Waals surface area (Å²) in [6.45, 7) is 3.52. The molecule has 0 bridgehead atoms. The molecule has 0 saturated carbocycles. The van der Waals surface area contributed by atoms with Gasteiger partial charge in [0.2, 0.25) is 0 Å². The third kappa shape index (κ3) is 3.01. The second-order valence-corrected chi connectivity index (χ2v) is 4.56. The van der Waals surface area contributed by atoms with Crippen molar-refractivity contribution in [2.45, 2.75) is 25.9 Å². The van der Waals surface area contributed by atoms with Crippen molar-refractivity contribution in [2.75, 3.05) is 25.6 Å². The summed E-state index contributed by atoms with van der Waals surface area (Å²) in [5.74, 6) is -0.312. The number of nitrogens with one attached hydrogen (secondary N) is 1. The van der Waals surface area contributed by atoms with E-state index in [4.69, 9.17) is 9.47 Å². The molecule has 1 aromatic carbocycles. The second-order valence-electron chi connectivity index (χ2n) is 4.56. The van der Waals surface area contributed by atoms with Crippen LogP contribution in [0.5, 0.6) is 0 Å². The highest BCUT2D eigenvalue weighted by atomic mass is 16.5. The molecule has 0 aromatic heterocycles. The Kier molecular flexibility index (Phi) is 4.20. The number of anilines is 1. The van der Waals surface area contributed by atoms with Crippen LogP contribution in [0.4, 0.5) is 5.69 Å². The highest BCUT2D eigenvalue weighted by Crippen LogP contribution is 2.20. The van der Waals surface area contributed by atoms with Gasteiger partial charge in [-0.15, -0.1) is 0 Å². The van der Waals surface area contributed by atoms with Crippen LogP contribution in [-0.4, -0.2) is 32.3 Å². The molecular weight excluding hydrogens is 230 g/mol. The average molecular weight is 249 g/mol. The first kappa shape index (κ1) is 12.9. The van der Waals surface area contributed by atoms with Crippen LogP contribution in [0, 0.1) is 6.92 Å². The zero-order chi connectivity index (χ0) is 13.0. The lowest BCUT2D eigenvalue weighted by molar-refractivity contribution is 0.0601. The van der Waals surface area contributed by atoms with Crippen LogP contribution in [-0.2, 0) is 9.47 Å². The molecule has 98 valence electrons. The summed E-state index contributed by atoms with van der Waals surface area (Å²) in [5, 5.41) is 3.27. The van der Waals surface area contributed by atoms with E-state index >= 15 is 0 Å². The lowest BCUT2D eigenvalue weighted by Gasteiger charge is -2.14. The molecule has 1 N–H and O–H groups in total. The average Bonchev–Trinajstić information content (AvgIpc) is 2.89. The maximum Gasteiger partial charge on any atom is 0.339 e. The van der Waals surface area contributed by atoms with E-state index in [0.717, 1.165) is 37.2 Å². The van der Waals surface area contributed by atoms with Gasteiger partial charge in [-0.2, -0.15) is 0 Å². The Morgan fingerprint density at radius 3 is 3.06 bits per heavy atom. The van der Waals surface area contributed by atoms with Crippen molar-refractivity contribution in [2.24, 2.45) is 0 Å². The number of rotatable bonds is 4. The van der Waals surface area contributed by atoms with Gasteiger partial charge in [-0.1, -0.05) is 11.6 Å². The molecule has 0 aliphatic carbocycles. The van der Waals surface area contributed by atoms with Gasteiger partial charge in [0, 0.05) is 18.8 Å². The lowest BCUT2D eigenvalue weighted by Crippen LogP contribution is -2.20. The molecule has 1 saturated heterocycles. The van der Waals surface area contributed by atoms with E-state index in [9.17, 15) is 4.79 Å². The van der Waals surface area contributed by atoms with Crippen molar-refractivity contribution >= 4 is 11.7 Å². The minimum atomic E-state index is -0.312. The molecule has 0 amide bonds. The first-order valence-electron chi connectivity index (χ1n) is 6.25. The molecule has 1 aliphatic heterocycles. The van der Waals surface area contributed by atoms with E-state index in [0.29, 0.717) is 5.56 Å². The Morgan fingerprint density at radius 2 is 2.39 bits per heavy atom. The third-order valence-corrected chi connectivity index (χ3v) is 3.12. The van der Waals surface area contributed by atoms with Gasteiger partial charge in [-0.25, -0.2) is 4.79 Å². The van der Waals surface area contributed by atoms with E-state index in [1.807, 2.05) is 25.1 Å². The summed E-state index contributed by atoms with van der Waals surface area (Å²) in [4.78, 5) is 11.7. The number of hydrogen-bond acceptors (Lipinski definition) is 4. The first-order valence-corrected chi connectivity index (χ1v) is 6.25. The Hall–Kier alpha value is -1.55. The number of ether oxygens (including phenoxy) is 2. The Morgan fingerprint density at radius 1 is 1.56 bits per heavy atom. The second kappa shape index (κ2) is 5.87. The monoisotopic (exact) mass is 249 g/mol. The van der Waals surface area contributed by atoms with Crippen LogP contribution in [0.25, 0.3) is 0 Å². The summed E-state index contributed by atoms with van der Waals surface area (Å²) in [7, 11) is 1.40. The molecule has 4 heteroatoms. The zero-order valence-corrected chi connectivity index (χ0v) is 10.9. The van der Waals surface area contributed by atoms with Gasteiger partial charge in [0.15, 0.2) is 0 Å². The number of methoxy groups -OCH3 is 1. The van der Waals surface area contributed by atoms with Gasteiger partial charge in [0.1, 0.15) is 0 Å². The molecule has 1 fully saturated rings. The van der Waals surface area contributed by atoms with E-state index in [-0.39, 0.29) is 12.1 Å².